The second kappa shape index (κ2) is 7.07. The maximum absolute atomic E-state index is 5.85. The Labute approximate surface area is 135 Å². The highest BCUT2D eigenvalue weighted by Gasteiger charge is 2.17. The van der Waals surface area contributed by atoms with Gasteiger partial charge in [0, 0.05) is 51.0 Å². The molecule has 1 aliphatic rings. The lowest BCUT2D eigenvalue weighted by Crippen LogP contribution is -2.31. The normalized spacial score (nSPS) is 16.7. The molecule has 3 rings (SSSR count). The Kier molecular flexibility index (Phi) is 4.90. The van der Waals surface area contributed by atoms with Crippen molar-refractivity contribution in [3.8, 4) is 0 Å². The van der Waals surface area contributed by atoms with Crippen LogP contribution in [0, 0.1) is 0 Å². The molecule has 0 N–H and O–H groups in total. The fourth-order valence-electron chi connectivity index (χ4n) is 2.72. The van der Waals surface area contributed by atoms with Gasteiger partial charge in [0.1, 0.15) is 0 Å². The molecule has 1 fully saturated rings. The van der Waals surface area contributed by atoms with Crippen LogP contribution in [0.15, 0.2) is 24.8 Å². The van der Waals surface area contributed by atoms with Crippen LogP contribution in [0.4, 0.5) is 5.95 Å². The Bertz CT molecular complexity index is 596. The summed E-state index contributed by atoms with van der Waals surface area (Å²) in [7, 11) is 0. The first-order chi connectivity index (χ1) is 10.7. The van der Waals surface area contributed by atoms with Crippen LogP contribution in [-0.2, 0) is 13.1 Å². The molecule has 22 heavy (non-hydrogen) atoms. The molecular weight excluding hydrogens is 300 g/mol. The molecule has 118 valence electrons. The van der Waals surface area contributed by atoms with Crippen LogP contribution in [-0.4, -0.2) is 50.8 Å². The number of aryl methyl sites for hydroxylation is 1. The van der Waals surface area contributed by atoms with Crippen LogP contribution in [0.3, 0.4) is 0 Å². The fourth-order valence-corrected chi connectivity index (χ4v) is 2.81. The SMILES string of the molecule is CCn1cc(CN2CCCN(c3ncc(Cl)cn3)CC2)cn1. The Balaban J connectivity index is 1.58. The average Bonchev–Trinajstić information content (AvgIpc) is 2.86. The van der Waals surface area contributed by atoms with Crippen molar-refractivity contribution in [3.05, 3.63) is 35.4 Å². The van der Waals surface area contributed by atoms with Gasteiger partial charge < -0.3 is 4.90 Å². The van der Waals surface area contributed by atoms with Gasteiger partial charge in [-0.1, -0.05) is 11.6 Å². The minimum Gasteiger partial charge on any atom is -0.339 e. The average molecular weight is 321 g/mol. The van der Waals surface area contributed by atoms with Crippen LogP contribution in [0.5, 0.6) is 0 Å². The van der Waals surface area contributed by atoms with E-state index in [0.29, 0.717) is 5.02 Å². The zero-order chi connectivity index (χ0) is 15.4. The highest BCUT2D eigenvalue weighted by atomic mass is 35.5. The lowest BCUT2D eigenvalue weighted by molar-refractivity contribution is 0.285. The summed E-state index contributed by atoms with van der Waals surface area (Å²) >= 11 is 5.85. The first-order valence-corrected chi connectivity index (χ1v) is 8.08. The van der Waals surface area contributed by atoms with Crippen molar-refractivity contribution in [2.45, 2.75) is 26.4 Å². The maximum atomic E-state index is 5.85. The minimum absolute atomic E-state index is 0.577. The van der Waals surface area contributed by atoms with Gasteiger partial charge in [0.15, 0.2) is 0 Å². The fraction of sp³-hybridized carbons (Fsp3) is 0.533. The summed E-state index contributed by atoms with van der Waals surface area (Å²) in [6, 6.07) is 0. The van der Waals surface area contributed by atoms with Crippen LogP contribution < -0.4 is 4.90 Å². The third-order valence-corrected chi connectivity index (χ3v) is 4.09. The number of hydrogen-bond acceptors (Lipinski definition) is 5. The van der Waals surface area contributed by atoms with E-state index in [9.17, 15) is 0 Å². The van der Waals surface area contributed by atoms with Gasteiger partial charge >= 0.3 is 0 Å². The van der Waals surface area contributed by atoms with Gasteiger partial charge in [-0.2, -0.15) is 5.10 Å². The van der Waals surface area contributed by atoms with E-state index in [1.807, 2.05) is 10.9 Å². The van der Waals surface area contributed by atoms with Gasteiger partial charge in [-0.15, -0.1) is 0 Å². The van der Waals surface area contributed by atoms with Crippen LogP contribution >= 0.6 is 11.6 Å². The van der Waals surface area contributed by atoms with Crippen molar-refractivity contribution < 1.29 is 0 Å². The van der Waals surface area contributed by atoms with Crippen molar-refractivity contribution in [1.29, 1.82) is 0 Å². The van der Waals surface area contributed by atoms with Crippen molar-refractivity contribution in [2.75, 3.05) is 31.1 Å². The Morgan fingerprint density at radius 1 is 1.09 bits per heavy atom. The van der Waals surface area contributed by atoms with Crippen molar-refractivity contribution in [1.82, 2.24) is 24.6 Å². The molecule has 0 bridgehead atoms. The summed E-state index contributed by atoms with van der Waals surface area (Å²) in [5.74, 6) is 0.769. The molecule has 3 heterocycles. The summed E-state index contributed by atoms with van der Waals surface area (Å²) < 4.78 is 1.97. The van der Waals surface area contributed by atoms with E-state index >= 15 is 0 Å². The van der Waals surface area contributed by atoms with Crippen LogP contribution in [0.25, 0.3) is 0 Å². The lowest BCUT2D eigenvalue weighted by Gasteiger charge is -2.21. The van der Waals surface area contributed by atoms with Crippen LogP contribution in [0.1, 0.15) is 18.9 Å². The van der Waals surface area contributed by atoms with Gasteiger partial charge in [-0.25, -0.2) is 9.97 Å². The first-order valence-electron chi connectivity index (χ1n) is 7.71. The Morgan fingerprint density at radius 2 is 1.91 bits per heavy atom. The van der Waals surface area contributed by atoms with Crippen molar-refractivity contribution in [3.63, 3.8) is 0 Å². The molecule has 0 radical (unpaired) electrons. The molecule has 0 amide bonds. The highest BCUT2D eigenvalue weighted by Crippen LogP contribution is 2.14. The molecule has 0 aliphatic carbocycles. The molecule has 1 aliphatic heterocycles. The van der Waals surface area contributed by atoms with Gasteiger partial charge in [0.05, 0.1) is 23.6 Å². The number of aromatic nitrogens is 4. The quantitative estimate of drug-likeness (QED) is 0.863. The number of nitrogens with zero attached hydrogens (tertiary/aromatic N) is 6. The topological polar surface area (TPSA) is 50.1 Å². The van der Waals surface area contributed by atoms with Gasteiger partial charge in [-0.05, 0) is 13.3 Å². The minimum atomic E-state index is 0.577. The van der Waals surface area contributed by atoms with Crippen LogP contribution in [0.2, 0.25) is 5.02 Å². The predicted octanol–water partition coefficient (Wildman–Crippen LogP) is 2.06. The lowest BCUT2D eigenvalue weighted by atomic mass is 10.3. The van der Waals surface area contributed by atoms with Crippen molar-refractivity contribution >= 4 is 17.5 Å². The summed E-state index contributed by atoms with van der Waals surface area (Å²) in [4.78, 5) is 13.3. The zero-order valence-corrected chi connectivity index (χ0v) is 13.6. The molecule has 0 spiro atoms. The molecule has 0 unspecified atom stereocenters. The van der Waals surface area contributed by atoms with E-state index in [1.54, 1.807) is 12.4 Å². The molecule has 2 aromatic rings. The number of rotatable bonds is 4. The first kappa shape index (κ1) is 15.2. The van der Waals surface area contributed by atoms with Crippen molar-refractivity contribution in [2.24, 2.45) is 0 Å². The molecular formula is C15H21ClN6. The number of hydrogen-bond donors (Lipinski definition) is 0. The highest BCUT2D eigenvalue weighted by molar-refractivity contribution is 6.30. The standard InChI is InChI=1S/C15H21ClN6/c1-2-22-12-13(8-19-22)11-20-4-3-5-21(7-6-20)15-17-9-14(16)10-18-15/h8-10,12H,2-7,11H2,1H3. The summed E-state index contributed by atoms with van der Waals surface area (Å²) in [5.41, 5.74) is 1.28. The van der Waals surface area contributed by atoms with E-state index in [0.717, 1.165) is 51.6 Å². The zero-order valence-electron chi connectivity index (χ0n) is 12.8. The van der Waals surface area contributed by atoms with Gasteiger partial charge in [0.25, 0.3) is 0 Å². The van der Waals surface area contributed by atoms with E-state index in [1.165, 1.54) is 5.56 Å². The van der Waals surface area contributed by atoms with E-state index in [4.69, 9.17) is 11.6 Å². The smallest absolute Gasteiger partial charge is 0.225 e. The third-order valence-electron chi connectivity index (χ3n) is 3.89. The molecule has 2 aromatic heterocycles. The second-order valence-electron chi connectivity index (χ2n) is 5.52. The van der Waals surface area contributed by atoms with E-state index < -0.39 is 0 Å². The summed E-state index contributed by atoms with van der Waals surface area (Å²) in [5, 5.41) is 4.92. The second-order valence-corrected chi connectivity index (χ2v) is 5.96. The molecule has 6 nitrogen and oxygen atoms in total. The predicted molar refractivity (Wildman–Crippen MR) is 87.1 cm³/mol. The maximum Gasteiger partial charge on any atom is 0.225 e. The molecule has 7 heteroatoms. The Morgan fingerprint density at radius 3 is 2.64 bits per heavy atom. The summed E-state index contributed by atoms with van der Waals surface area (Å²) in [6.45, 7) is 7.98. The molecule has 0 atom stereocenters. The largest absolute Gasteiger partial charge is 0.339 e. The van der Waals surface area contributed by atoms with E-state index in [-0.39, 0.29) is 0 Å². The van der Waals surface area contributed by atoms with Gasteiger partial charge in [-0.3, -0.25) is 9.58 Å². The molecule has 0 aromatic carbocycles. The summed E-state index contributed by atoms with van der Waals surface area (Å²) in [6.07, 6.45) is 8.52. The number of halogens is 1. The molecule has 0 saturated carbocycles. The molecule has 1 saturated heterocycles. The van der Waals surface area contributed by atoms with Gasteiger partial charge in [0.2, 0.25) is 5.95 Å². The third kappa shape index (κ3) is 3.75. The Hall–Kier alpha value is -1.66. The number of anilines is 1. The monoisotopic (exact) mass is 320 g/mol. The van der Waals surface area contributed by atoms with E-state index in [2.05, 4.69) is 38.0 Å².